The molecular weight excluding hydrogens is 406 g/mol. The van der Waals surface area contributed by atoms with Crippen molar-refractivity contribution in [2.75, 3.05) is 21.3 Å². The van der Waals surface area contributed by atoms with Crippen molar-refractivity contribution in [3.63, 3.8) is 0 Å². The largest absolute Gasteiger partial charge is 0.497 e. The van der Waals surface area contributed by atoms with Gasteiger partial charge >= 0.3 is 0 Å². The van der Waals surface area contributed by atoms with E-state index >= 15 is 0 Å². The zero-order chi connectivity index (χ0) is 22.4. The number of ether oxygens (including phenoxy) is 3. The molecule has 0 spiro atoms. The maximum atomic E-state index is 12.3. The summed E-state index contributed by atoms with van der Waals surface area (Å²) < 4.78 is 21.2. The van der Waals surface area contributed by atoms with E-state index in [1.165, 1.54) is 45.7 Å². The number of amides is 1. The van der Waals surface area contributed by atoms with E-state index in [2.05, 4.69) is 10.5 Å². The van der Waals surface area contributed by atoms with Crippen molar-refractivity contribution in [1.29, 1.82) is 0 Å². The molecule has 3 aromatic rings. The van der Waals surface area contributed by atoms with E-state index in [0.29, 0.717) is 39.9 Å². The quantitative estimate of drug-likeness (QED) is 0.332. The number of nitrogens with zero attached hydrogens (tertiary/aromatic N) is 2. The van der Waals surface area contributed by atoms with Crippen LogP contribution in [0, 0.1) is 10.1 Å². The third-order valence-electron chi connectivity index (χ3n) is 4.26. The van der Waals surface area contributed by atoms with Gasteiger partial charge in [0.2, 0.25) is 0 Å². The summed E-state index contributed by atoms with van der Waals surface area (Å²) >= 11 is 0. The van der Waals surface area contributed by atoms with Crippen molar-refractivity contribution in [2.24, 2.45) is 5.10 Å². The summed E-state index contributed by atoms with van der Waals surface area (Å²) in [6.45, 7) is 0. The molecule has 1 N–H and O–H groups in total. The molecule has 0 radical (unpaired) electrons. The number of hydrogen-bond donors (Lipinski definition) is 1. The lowest BCUT2D eigenvalue weighted by molar-refractivity contribution is -0.384. The fraction of sp³-hybridized carbons (Fsp3) is 0.143. The Balaban J connectivity index is 1.75. The van der Waals surface area contributed by atoms with Crippen molar-refractivity contribution >= 4 is 17.8 Å². The molecule has 10 heteroatoms. The summed E-state index contributed by atoms with van der Waals surface area (Å²) in [5.41, 5.74) is 3.02. The monoisotopic (exact) mass is 425 g/mol. The van der Waals surface area contributed by atoms with E-state index in [1.807, 2.05) is 0 Å². The molecule has 1 amide bonds. The molecule has 0 aliphatic rings. The van der Waals surface area contributed by atoms with Crippen LogP contribution in [0.1, 0.15) is 16.1 Å². The van der Waals surface area contributed by atoms with Gasteiger partial charge in [-0.3, -0.25) is 14.9 Å². The molecule has 3 rings (SSSR count). The Kier molecular flexibility index (Phi) is 6.51. The van der Waals surface area contributed by atoms with Gasteiger partial charge < -0.3 is 18.6 Å². The fourth-order valence-electron chi connectivity index (χ4n) is 2.73. The van der Waals surface area contributed by atoms with Crippen molar-refractivity contribution in [3.05, 3.63) is 70.0 Å². The van der Waals surface area contributed by atoms with Crippen LogP contribution in [0.15, 0.2) is 58.0 Å². The number of nitrogens with one attached hydrogen (secondary N) is 1. The highest BCUT2D eigenvalue weighted by Gasteiger charge is 2.16. The Morgan fingerprint density at radius 2 is 1.74 bits per heavy atom. The number of benzene rings is 2. The molecule has 0 fully saturated rings. The van der Waals surface area contributed by atoms with Gasteiger partial charge in [0.15, 0.2) is 0 Å². The second-order valence-corrected chi connectivity index (χ2v) is 6.14. The number of hydrazone groups is 1. The molecule has 0 bridgehead atoms. The Morgan fingerprint density at radius 3 is 2.35 bits per heavy atom. The minimum Gasteiger partial charge on any atom is -0.497 e. The standard InChI is InChI=1S/C21H19N3O7/c1-28-16-8-13(9-17(11-16)29-2)21(25)23-22-12-15-5-7-20(31-15)18-10-14(24(26)27)4-6-19(18)30-3/h4-12H,1-3H3,(H,23,25). The first-order valence-corrected chi connectivity index (χ1v) is 8.94. The van der Waals surface area contributed by atoms with Gasteiger partial charge in [-0.1, -0.05) is 0 Å². The summed E-state index contributed by atoms with van der Waals surface area (Å²) in [6, 6.07) is 12.2. The molecule has 1 heterocycles. The van der Waals surface area contributed by atoms with Crippen LogP contribution in [0.4, 0.5) is 5.69 Å². The van der Waals surface area contributed by atoms with Crippen molar-refractivity contribution in [2.45, 2.75) is 0 Å². The molecule has 0 aliphatic heterocycles. The lowest BCUT2D eigenvalue weighted by atomic mass is 10.1. The second kappa shape index (κ2) is 9.44. The number of nitro benzene ring substituents is 1. The molecule has 10 nitrogen and oxygen atoms in total. The van der Waals surface area contributed by atoms with Gasteiger partial charge in [0.1, 0.15) is 28.8 Å². The predicted octanol–water partition coefficient (Wildman–Crippen LogP) is 3.64. The van der Waals surface area contributed by atoms with Gasteiger partial charge in [-0.2, -0.15) is 5.10 Å². The highest BCUT2D eigenvalue weighted by atomic mass is 16.6. The highest BCUT2D eigenvalue weighted by Crippen LogP contribution is 2.34. The Labute approximate surface area is 177 Å². The van der Waals surface area contributed by atoms with E-state index < -0.39 is 10.8 Å². The van der Waals surface area contributed by atoms with Crippen LogP contribution in [0.2, 0.25) is 0 Å². The second-order valence-electron chi connectivity index (χ2n) is 6.14. The maximum Gasteiger partial charge on any atom is 0.271 e. The number of hydrogen-bond acceptors (Lipinski definition) is 8. The number of rotatable bonds is 8. The third kappa shape index (κ3) is 4.99. The number of furan rings is 1. The van der Waals surface area contributed by atoms with Gasteiger partial charge in [0, 0.05) is 23.8 Å². The van der Waals surface area contributed by atoms with Crippen LogP contribution >= 0.6 is 0 Å². The molecule has 31 heavy (non-hydrogen) atoms. The van der Waals surface area contributed by atoms with Crippen LogP contribution in [0.5, 0.6) is 17.2 Å². The molecule has 0 saturated carbocycles. The van der Waals surface area contributed by atoms with E-state index in [4.69, 9.17) is 18.6 Å². The van der Waals surface area contributed by atoms with E-state index in [1.54, 1.807) is 30.3 Å². The van der Waals surface area contributed by atoms with Crippen molar-refractivity contribution in [1.82, 2.24) is 5.43 Å². The topological polar surface area (TPSA) is 125 Å². The van der Waals surface area contributed by atoms with Crippen LogP contribution in [0.3, 0.4) is 0 Å². The molecule has 2 aromatic carbocycles. The maximum absolute atomic E-state index is 12.3. The Morgan fingerprint density at radius 1 is 1.03 bits per heavy atom. The predicted molar refractivity (Wildman–Crippen MR) is 112 cm³/mol. The molecule has 0 atom stereocenters. The Bertz CT molecular complexity index is 1120. The number of nitro groups is 1. The fourth-order valence-corrected chi connectivity index (χ4v) is 2.73. The third-order valence-corrected chi connectivity index (χ3v) is 4.26. The summed E-state index contributed by atoms with van der Waals surface area (Å²) in [4.78, 5) is 22.9. The zero-order valence-electron chi connectivity index (χ0n) is 16.9. The van der Waals surface area contributed by atoms with Gasteiger partial charge in [0.25, 0.3) is 11.6 Å². The van der Waals surface area contributed by atoms with Gasteiger partial charge in [0.05, 0.1) is 38.0 Å². The van der Waals surface area contributed by atoms with Gasteiger partial charge in [-0.05, 0) is 30.3 Å². The first kappa shape index (κ1) is 21.4. The number of carbonyl (C=O) groups excluding carboxylic acids is 1. The molecule has 0 aliphatic carbocycles. The zero-order valence-corrected chi connectivity index (χ0v) is 16.9. The first-order chi connectivity index (χ1) is 14.9. The summed E-state index contributed by atoms with van der Waals surface area (Å²) in [5, 5.41) is 14.9. The highest BCUT2D eigenvalue weighted by molar-refractivity contribution is 5.95. The molecule has 160 valence electrons. The minimum atomic E-state index is -0.503. The summed E-state index contributed by atoms with van der Waals surface area (Å²) in [7, 11) is 4.43. The molecule has 1 aromatic heterocycles. The number of carbonyl (C=O) groups is 1. The smallest absolute Gasteiger partial charge is 0.271 e. The summed E-state index contributed by atoms with van der Waals surface area (Å²) in [5.74, 6) is 1.56. The van der Waals surface area contributed by atoms with E-state index in [9.17, 15) is 14.9 Å². The van der Waals surface area contributed by atoms with Crippen LogP contribution in [-0.2, 0) is 0 Å². The van der Waals surface area contributed by atoms with Crippen molar-refractivity contribution in [3.8, 4) is 28.6 Å². The summed E-state index contributed by atoms with van der Waals surface area (Å²) in [6.07, 6.45) is 1.31. The lowest BCUT2D eigenvalue weighted by Crippen LogP contribution is -2.17. The van der Waals surface area contributed by atoms with Gasteiger partial charge in [-0.25, -0.2) is 5.43 Å². The molecule has 0 unspecified atom stereocenters. The van der Waals surface area contributed by atoms with Crippen LogP contribution in [0.25, 0.3) is 11.3 Å². The lowest BCUT2D eigenvalue weighted by Gasteiger charge is -2.07. The van der Waals surface area contributed by atoms with E-state index in [-0.39, 0.29) is 5.69 Å². The van der Waals surface area contributed by atoms with Crippen molar-refractivity contribution < 1.29 is 28.3 Å². The van der Waals surface area contributed by atoms with E-state index in [0.717, 1.165) is 0 Å². The minimum absolute atomic E-state index is 0.0941. The molecular formula is C21H19N3O7. The average molecular weight is 425 g/mol. The number of non-ortho nitro benzene ring substituents is 1. The van der Waals surface area contributed by atoms with Crippen LogP contribution < -0.4 is 19.6 Å². The Hall–Kier alpha value is -4.34. The SMILES string of the molecule is COc1cc(OC)cc(C(=O)NN=Cc2ccc(-c3cc([N+](=O)[O-])ccc3OC)o2)c1. The van der Waals surface area contributed by atoms with Crippen LogP contribution in [-0.4, -0.2) is 38.4 Å². The normalized spacial score (nSPS) is 10.7. The number of methoxy groups -OCH3 is 3. The molecule has 0 saturated heterocycles. The first-order valence-electron chi connectivity index (χ1n) is 8.94. The van der Waals surface area contributed by atoms with Gasteiger partial charge in [-0.15, -0.1) is 0 Å². The average Bonchev–Trinajstić information content (AvgIpc) is 3.26.